The first-order valence-electron chi connectivity index (χ1n) is 16.4. The molecule has 3 amide bonds. The standard InChI is InChI=1S/C36H35N9O4/c1-43(2)35(48)29-9-4-6-23(38-29)19-44-24-16-22(17-24)27-18-21(12-13-26(27)34(44)47)25-7-5-8-28(30(25)49-3)39-31-32-37-14-15-45(32)42-36(40-31)41-33(46)20-10-11-20/h4-9,12-15,18,20,22,24H,10-11,16-17,19H2,1-3H3,(H2,39,40,41,42,46). The molecule has 2 fully saturated rings. The summed E-state index contributed by atoms with van der Waals surface area (Å²) in [6.07, 6.45) is 6.80. The second-order valence-electron chi connectivity index (χ2n) is 13.0. The van der Waals surface area contributed by atoms with Gasteiger partial charge in [-0.15, -0.1) is 5.10 Å². The van der Waals surface area contributed by atoms with Crippen LogP contribution < -0.4 is 15.4 Å². The molecule has 5 heterocycles. The topological polar surface area (TPSA) is 147 Å². The number of hydrogen-bond acceptors (Lipinski definition) is 9. The minimum Gasteiger partial charge on any atom is -0.494 e. The minimum absolute atomic E-state index is 0.00877. The van der Waals surface area contributed by atoms with Crippen LogP contribution in [-0.4, -0.2) is 79.3 Å². The van der Waals surface area contributed by atoms with E-state index in [9.17, 15) is 14.4 Å². The number of anilines is 3. The Bertz CT molecular complexity index is 2130. The number of nitrogens with one attached hydrogen (secondary N) is 2. The number of pyridine rings is 1. The van der Waals surface area contributed by atoms with Crippen molar-refractivity contribution < 1.29 is 19.1 Å². The van der Waals surface area contributed by atoms with Gasteiger partial charge in [-0.1, -0.05) is 24.3 Å². The highest BCUT2D eigenvalue weighted by molar-refractivity contribution is 5.98. The van der Waals surface area contributed by atoms with Crippen molar-refractivity contribution in [1.29, 1.82) is 0 Å². The molecule has 248 valence electrons. The summed E-state index contributed by atoms with van der Waals surface area (Å²) >= 11 is 0. The van der Waals surface area contributed by atoms with Gasteiger partial charge in [0.05, 0.1) is 25.0 Å². The lowest BCUT2D eigenvalue weighted by Crippen LogP contribution is -2.43. The summed E-state index contributed by atoms with van der Waals surface area (Å²) in [5.41, 5.74) is 5.69. The molecule has 2 aliphatic heterocycles. The quantitative estimate of drug-likeness (QED) is 0.226. The molecule has 4 aliphatic rings. The number of methoxy groups -OCH3 is 1. The van der Waals surface area contributed by atoms with Gasteiger partial charge < -0.3 is 19.9 Å². The third kappa shape index (κ3) is 5.60. The SMILES string of the molecule is COc1c(Nc2nc(NC(=O)C3CC3)nn3ccnc23)cccc1-c1ccc2c(c1)C1CC(C1)N(Cc1cccc(C(=O)N(C)C)n1)C2=O. The van der Waals surface area contributed by atoms with Crippen LogP contribution in [0.4, 0.5) is 17.5 Å². The summed E-state index contributed by atoms with van der Waals surface area (Å²) < 4.78 is 7.54. The maximum absolute atomic E-state index is 14.0. The van der Waals surface area contributed by atoms with E-state index in [1.54, 1.807) is 44.2 Å². The van der Waals surface area contributed by atoms with Gasteiger partial charge in [-0.25, -0.2) is 14.5 Å². The van der Waals surface area contributed by atoms with Crippen LogP contribution in [0.1, 0.15) is 63.7 Å². The van der Waals surface area contributed by atoms with Gasteiger partial charge in [0.1, 0.15) is 11.4 Å². The van der Waals surface area contributed by atoms with Gasteiger partial charge in [-0.05, 0) is 73.1 Å². The number of amides is 3. The summed E-state index contributed by atoms with van der Waals surface area (Å²) in [7, 11) is 5.01. The lowest BCUT2D eigenvalue weighted by Gasteiger charge is -2.39. The van der Waals surface area contributed by atoms with Crippen LogP contribution in [0.25, 0.3) is 16.8 Å². The number of rotatable bonds is 9. The molecular formula is C36H35N9O4. The molecule has 0 unspecified atom stereocenters. The van der Waals surface area contributed by atoms with Gasteiger partial charge in [-0.2, -0.15) is 4.98 Å². The summed E-state index contributed by atoms with van der Waals surface area (Å²) in [5, 5.41) is 10.6. The van der Waals surface area contributed by atoms with Crippen LogP contribution in [0.3, 0.4) is 0 Å². The van der Waals surface area contributed by atoms with Crippen molar-refractivity contribution >= 4 is 40.8 Å². The lowest BCUT2D eigenvalue weighted by atomic mass is 9.75. The molecule has 0 spiro atoms. The molecule has 2 N–H and O–H groups in total. The number of aromatic nitrogens is 5. The zero-order valence-corrected chi connectivity index (χ0v) is 27.4. The Morgan fingerprint density at radius 2 is 1.84 bits per heavy atom. The third-order valence-electron chi connectivity index (χ3n) is 9.52. The zero-order valence-electron chi connectivity index (χ0n) is 27.4. The van der Waals surface area contributed by atoms with Crippen LogP contribution in [-0.2, 0) is 11.3 Å². The highest BCUT2D eigenvalue weighted by Gasteiger charge is 2.43. The molecule has 2 aromatic carbocycles. The first-order valence-corrected chi connectivity index (χ1v) is 16.4. The van der Waals surface area contributed by atoms with E-state index in [0.29, 0.717) is 46.4 Å². The Balaban J connectivity index is 1.08. The smallest absolute Gasteiger partial charge is 0.271 e. The van der Waals surface area contributed by atoms with E-state index in [1.807, 2.05) is 47.4 Å². The Morgan fingerprint density at radius 3 is 2.61 bits per heavy atom. The van der Waals surface area contributed by atoms with Crippen LogP contribution in [0.2, 0.25) is 0 Å². The maximum atomic E-state index is 14.0. The number of imidazole rings is 1. The Hall–Kier alpha value is -5.85. The predicted molar refractivity (Wildman–Crippen MR) is 182 cm³/mol. The van der Waals surface area contributed by atoms with E-state index in [2.05, 4.69) is 36.8 Å². The first-order chi connectivity index (χ1) is 23.8. The molecule has 0 radical (unpaired) electrons. The number of hydrogen-bond donors (Lipinski definition) is 2. The number of benzene rings is 2. The number of ether oxygens (including phenoxy) is 1. The van der Waals surface area contributed by atoms with Gasteiger partial charge in [0.2, 0.25) is 11.9 Å². The molecule has 5 aromatic rings. The number of para-hydroxylation sites is 1. The molecule has 9 rings (SSSR count). The Kier molecular flexibility index (Phi) is 7.46. The fraction of sp³-hybridized carbons (Fsp3) is 0.306. The van der Waals surface area contributed by atoms with Crippen LogP contribution >= 0.6 is 0 Å². The van der Waals surface area contributed by atoms with Crippen LogP contribution in [0.15, 0.2) is 67.0 Å². The second kappa shape index (κ2) is 12.0. The van der Waals surface area contributed by atoms with Crippen molar-refractivity contribution in [1.82, 2.24) is 34.4 Å². The van der Waals surface area contributed by atoms with Crippen molar-refractivity contribution in [3.8, 4) is 16.9 Å². The van der Waals surface area contributed by atoms with E-state index in [1.165, 1.54) is 4.90 Å². The van der Waals surface area contributed by atoms with Crippen molar-refractivity contribution in [2.45, 2.75) is 44.2 Å². The van der Waals surface area contributed by atoms with Gasteiger partial charge in [0, 0.05) is 49.6 Å². The minimum atomic E-state index is -0.172. The molecule has 13 heteroatoms. The zero-order chi connectivity index (χ0) is 33.8. The highest BCUT2D eigenvalue weighted by atomic mass is 16.5. The van der Waals surface area contributed by atoms with Gasteiger partial charge in [0.25, 0.3) is 11.8 Å². The molecular weight excluding hydrogens is 622 g/mol. The summed E-state index contributed by atoms with van der Waals surface area (Å²) in [6.45, 7) is 0.340. The number of fused-ring (bicyclic) bond motifs is 2. The van der Waals surface area contributed by atoms with Crippen molar-refractivity contribution in [3.63, 3.8) is 0 Å². The molecule has 3 aromatic heterocycles. The normalized spacial score (nSPS) is 17.9. The second-order valence-corrected chi connectivity index (χ2v) is 13.0. The predicted octanol–water partition coefficient (Wildman–Crippen LogP) is 4.89. The lowest BCUT2D eigenvalue weighted by molar-refractivity contribution is -0.117. The molecule has 2 saturated carbocycles. The fourth-order valence-corrected chi connectivity index (χ4v) is 6.70. The van der Waals surface area contributed by atoms with Gasteiger partial charge in [-0.3, -0.25) is 19.7 Å². The van der Waals surface area contributed by atoms with Crippen LogP contribution in [0, 0.1) is 5.92 Å². The van der Waals surface area contributed by atoms with Crippen molar-refractivity contribution in [2.75, 3.05) is 31.8 Å². The number of carbonyl (C=O) groups is 3. The Labute approximate surface area is 282 Å². The average Bonchev–Trinajstić information content (AvgIpc) is 3.86. The molecule has 2 aliphatic carbocycles. The summed E-state index contributed by atoms with van der Waals surface area (Å²) in [5.74, 6) is 1.18. The maximum Gasteiger partial charge on any atom is 0.271 e. The molecule has 2 bridgehead atoms. The summed E-state index contributed by atoms with van der Waals surface area (Å²) in [4.78, 5) is 55.9. The van der Waals surface area contributed by atoms with E-state index >= 15 is 0 Å². The monoisotopic (exact) mass is 657 g/mol. The van der Waals surface area contributed by atoms with E-state index in [-0.39, 0.29) is 41.5 Å². The van der Waals surface area contributed by atoms with E-state index < -0.39 is 0 Å². The Morgan fingerprint density at radius 1 is 1.02 bits per heavy atom. The largest absolute Gasteiger partial charge is 0.494 e. The van der Waals surface area contributed by atoms with E-state index in [0.717, 1.165) is 42.4 Å². The van der Waals surface area contributed by atoms with Gasteiger partial charge in [0.15, 0.2) is 11.5 Å². The summed E-state index contributed by atoms with van der Waals surface area (Å²) in [6, 6.07) is 17.3. The van der Waals surface area contributed by atoms with Crippen LogP contribution in [0.5, 0.6) is 5.75 Å². The molecule has 13 nitrogen and oxygen atoms in total. The third-order valence-corrected chi connectivity index (χ3v) is 9.52. The fourth-order valence-electron chi connectivity index (χ4n) is 6.70. The molecule has 49 heavy (non-hydrogen) atoms. The molecule has 0 saturated heterocycles. The number of nitrogens with zero attached hydrogens (tertiary/aromatic N) is 7. The highest BCUT2D eigenvalue weighted by Crippen LogP contribution is 2.47. The van der Waals surface area contributed by atoms with E-state index in [4.69, 9.17) is 4.74 Å². The molecule has 0 atom stereocenters. The van der Waals surface area contributed by atoms with Crippen molar-refractivity contribution in [2.24, 2.45) is 5.92 Å². The number of carbonyl (C=O) groups excluding carboxylic acids is 3. The first kappa shape index (κ1) is 30.5. The van der Waals surface area contributed by atoms with Crippen molar-refractivity contribution in [3.05, 3.63) is 89.5 Å². The average molecular weight is 658 g/mol. The van der Waals surface area contributed by atoms with Gasteiger partial charge >= 0.3 is 0 Å².